The molecule has 2 amide bonds. The van der Waals surface area contributed by atoms with Crippen molar-refractivity contribution in [1.29, 1.82) is 0 Å². The first-order valence-electron chi connectivity index (χ1n) is 7.00. The molecule has 0 spiro atoms. The van der Waals surface area contributed by atoms with E-state index in [0.29, 0.717) is 18.9 Å². The summed E-state index contributed by atoms with van der Waals surface area (Å²) >= 11 is 0. The summed E-state index contributed by atoms with van der Waals surface area (Å²) in [5.41, 5.74) is 0. The van der Waals surface area contributed by atoms with Gasteiger partial charge in [-0.15, -0.1) is 0 Å². The van der Waals surface area contributed by atoms with Gasteiger partial charge in [-0.3, -0.25) is 4.79 Å². The predicted molar refractivity (Wildman–Crippen MR) is 68.8 cm³/mol. The number of nitrogens with one attached hydrogen (secondary N) is 2. The monoisotopic (exact) mass is 270 g/mol. The van der Waals surface area contributed by atoms with Crippen LogP contribution in [0.2, 0.25) is 0 Å². The Hall–Kier alpha value is -1.30. The third kappa shape index (κ3) is 3.83. The number of carbonyl (C=O) groups excluding carboxylic acids is 1. The van der Waals surface area contributed by atoms with E-state index >= 15 is 0 Å². The SMILES string of the molecule is CCC(CNC(=O)NC1CCOC1C1CC1)C(=O)O. The molecule has 0 radical (unpaired) electrons. The van der Waals surface area contributed by atoms with Crippen LogP contribution in [0.4, 0.5) is 4.79 Å². The van der Waals surface area contributed by atoms with Gasteiger partial charge in [-0.05, 0) is 31.6 Å². The van der Waals surface area contributed by atoms with Crippen LogP contribution in [0.1, 0.15) is 32.6 Å². The van der Waals surface area contributed by atoms with Crippen molar-refractivity contribution in [2.24, 2.45) is 11.8 Å². The smallest absolute Gasteiger partial charge is 0.315 e. The van der Waals surface area contributed by atoms with Gasteiger partial charge in [0.2, 0.25) is 0 Å². The lowest BCUT2D eigenvalue weighted by atomic mass is 10.1. The Labute approximate surface area is 112 Å². The molecule has 0 bridgehead atoms. The molecule has 0 aromatic carbocycles. The van der Waals surface area contributed by atoms with E-state index in [1.165, 1.54) is 12.8 Å². The number of rotatable bonds is 6. The molecule has 19 heavy (non-hydrogen) atoms. The van der Waals surface area contributed by atoms with Gasteiger partial charge < -0.3 is 20.5 Å². The number of urea groups is 1. The average Bonchev–Trinajstić information content (AvgIpc) is 3.11. The number of hydrogen-bond donors (Lipinski definition) is 3. The van der Waals surface area contributed by atoms with Crippen molar-refractivity contribution in [3.05, 3.63) is 0 Å². The van der Waals surface area contributed by atoms with Gasteiger partial charge in [0.25, 0.3) is 0 Å². The minimum Gasteiger partial charge on any atom is -0.481 e. The zero-order chi connectivity index (χ0) is 13.8. The number of aliphatic carboxylic acids is 1. The predicted octanol–water partition coefficient (Wildman–Crippen LogP) is 0.964. The van der Waals surface area contributed by atoms with E-state index in [4.69, 9.17) is 9.84 Å². The van der Waals surface area contributed by atoms with Crippen molar-refractivity contribution in [2.45, 2.75) is 44.8 Å². The Morgan fingerprint density at radius 2 is 2.11 bits per heavy atom. The van der Waals surface area contributed by atoms with E-state index in [1.807, 2.05) is 0 Å². The quantitative estimate of drug-likeness (QED) is 0.671. The Morgan fingerprint density at radius 3 is 2.68 bits per heavy atom. The molecular weight excluding hydrogens is 248 g/mol. The highest BCUT2D eigenvalue weighted by molar-refractivity contribution is 5.76. The summed E-state index contributed by atoms with van der Waals surface area (Å²) < 4.78 is 5.64. The van der Waals surface area contributed by atoms with Gasteiger partial charge in [0.05, 0.1) is 18.1 Å². The highest BCUT2D eigenvalue weighted by Crippen LogP contribution is 2.38. The summed E-state index contributed by atoms with van der Waals surface area (Å²) in [6.07, 6.45) is 3.85. The summed E-state index contributed by atoms with van der Waals surface area (Å²) in [4.78, 5) is 22.6. The number of ether oxygens (including phenoxy) is 1. The second-order valence-corrected chi connectivity index (χ2v) is 5.37. The number of carboxylic acids is 1. The Bertz CT molecular complexity index is 344. The fourth-order valence-electron chi connectivity index (χ4n) is 2.50. The summed E-state index contributed by atoms with van der Waals surface area (Å²) in [5.74, 6) is -0.803. The van der Waals surface area contributed by atoms with Gasteiger partial charge in [0.15, 0.2) is 0 Å². The molecule has 3 N–H and O–H groups in total. The van der Waals surface area contributed by atoms with Crippen LogP contribution in [0.5, 0.6) is 0 Å². The van der Waals surface area contributed by atoms with Crippen molar-refractivity contribution >= 4 is 12.0 Å². The van der Waals surface area contributed by atoms with Gasteiger partial charge in [-0.2, -0.15) is 0 Å². The lowest BCUT2D eigenvalue weighted by Crippen LogP contribution is -2.47. The number of amides is 2. The Balaban J connectivity index is 1.73. The number of carboxylic acid groups (broad SMARTS) is 1. The van der Waals surface area contributed by atoms with Gasteiger partial charge in [-0.25, -0.2) is 4.79 Å². The van der Waals surface area contributed by atoms with Gasteiger partial charge in [0.1, 0.15) is 0 Å². The van der Waals surface area contributed by atoms with Gasteiger partial charge in [-0.1, -0.05) is 6.92 Å². The first kappa shape index (κ1) is 14.1. The largest absolute Gasteiger partial charge is 0.481 e. The number of hydrogen-bond acceptors (Lipinski definition) is 3. The molecule has 2 rings (SSSR count). The standard InChI is InChI=1S/C13H22N2O4/c1-2-8(12(16)17)7-14-13(18)15-10-5-6-19-11(10)9-3-4-9/h8-11H,2-7H2,1H3,(H,16,17)(H2,14,15,18). The molecule has 3 atom stereocenters. The lowest BCUT2D eigenvalue weighted by Gasteiger charge is -2.20. The molecule has 1 saturated carbocycles. The topological polar surface area (TPSA) is 87.7 Å². The minimum atomic E-state index is -0.872. The number of carbonyl (C=O) groups is 2. The second-order valence-electron chi connectivity index (χ2n) is 5.37. The Morgan fingerprint density at radius 1 is 1.37 bits per heavy atom. The second kappa shape index (κ2) is 6.23. The van der Waals surface area contributed by atoms with E-state index in [0.717, 1.165) is 6.42 Å². The summed E-state index contributed by atoms with van der Waals surface area (Å²) in [6, 6.07) is -0.224. The minimum absolute atomic E-state index is 0.0670. The van der Waals surface area contributed by atoms with Crippen LogP contribution in [0, 0.1) is 11.8 Å². The van der Waals surface area contributed by atoms with Crippen molar-refractivity contribution in [3.63, 3.8) is 0 Å². The zero-order valence-electron chi connectivity index (χ0n) is 11.2. The molecule has 1 saturated heterocycles. The zero-order valence-corrected chi connectivity index (χ0v) is 11.2. The van der Waals surface area contributed by atoms with E-state index in [-0.39, 0.29) is 24.7 Å². The third-order valence-electron chi connectivity index (χ3n) is 3.89. The van der Waals surface area contributed by atoms with Crippen molar-refractivity contribution < 1.29 is 19.4 Å². The van der Waals surface area contributed by atoms with Crippen LogP contribution in [0.3, 0.4) is 0 Å². The molecular formula is C13H22N2O4. The fourth-order valence-corrected chi connectivity index (χ4v) is 2.50. The molecule has 1 heterocycles. The van der Waals surface area contributed by atoms with E-state index in [9.17, 15) is 9.59 Å². The average molecular weight is 270 g/mol. The molecule has 6 heteroatoms. The maximum Gasteiger partial charge on any atom is 0.315 e. The van der Waals surface area contributed by atoms with Crippen molar-refractivity contribution in [2.75, 3.05) is 13.2 Å². The highest BCUT2D eigenvalue weighted by Gasteiger charge is 2.41. The summed E-state index contributed by atoms with van der Waals surface area (Å²) in [6.45, 7) is 2.66. The molecule has 6 nitrogen and oxygen atoms in total. The van der Waals surface area contributed by atoms with E-state index in [1.54, 1.807) is 6.92 Å². The third-order valence-corrected chi connectivity index (χ3v) is 3.89. The first-order valence-corrected chi connectivity index (χ1v) is 7.00. The van der Waals surface area contributed by atoms with E-state index in [2.05, 4.69) is 10.6 Å². The van der Waals surface area contributed by atoms with Crippen molar-refractivity contribution in [1.82, 2.24) is 10.6 Å². The van der Waals surface area contributed by atoms with Crippen LogP contribution in [-0.4, -0.2) is 42.4 Å². The lowest BCUT2D eigenvalue weighted by molar-refractivity contribution is -0.141. The molecule has 1 aliphatic carbocycles. The van der Waals surface area contributed by atoms with Gasteiger partial charge in [0, 0.05) is 13.2 Å². The fraction of sp³-hybridized carbons (Fsp3) is 0.846. The first-order chi connectivity index (χ1) is 9.11. The highest BCUT2D eigenvalue weighted by atomic mass is 16.5. The van der Waals surface area contributed by atoms with Crippen LogP contribution < -0.4 is 10.6 Å². The molecule has 1 aliphatic heterocycles. The van der Waals surface area contributed by atoms with Gasteiger partial charge >= 0.3 is 12.0 Å². The molecule has 0 aromatic heterocycles. The maximum atomic E-state index is 11.8. The van der Waals surface area contributed by atoms with Crippen LogP contribution in [-0.2, 0) is 9.53 Å². The Kier molecular flexibility index (Phi) is 4.63. The summed E-state index contributed by atoms with van der Waals surface area (Å²) in [7, 11) is 0. The molecule has 0 aromatic rings. The molecule has 2 aliphatic rings. The molecule has 2 fully saturated rings. The molecule has 108 valence electrons. The van der Waals surface area contributed by atoms with Crippen LogP contribution in [0.25, 0.3) is 0 Å². The van der Waals surface area contributed by atoms with Crippen LogP contribution in [0.15, 0.2) is 0 Å². The molecule has 3 unspecified atom stereocenters. The summed E-state index contributed by atoms with van der Waals surface area (Å²) in [5, 5.41) is 14.4. The maximum absolute atomic E-state index is 11.8. The van der Waals surface area contributed by atoms with Crippen LogP contribution >= 0.6 is 0 Å². The van der Waals surface area contributed by atoms with Crippen molar-refractivity contribution in [3.8, 4) is 0 Å². The normalized spacial score (nSPS) is 27.8. The van der Waals surface area contributed by atoms with E-state index < -0.39 is 11.9 Å².